The van der Waals surface area contributed by atoms with Crippen molar-refractivity contribution in [1.82, 2.24) is 4.90 Å². The van der Waals surface area contributed by atoms with Gasteiger partial charge in [0, 0.05) is 30.6 Å². The lowest BCUT2D eigenvalue weighted by atomic mass is 10.4. The van der Waals surface area contributed by atoms with Gasteiger partial charge in [0.25, 0.3) is 0 Å². The molecule has 0 radical (unpaired) electrons. The summed E-state index contributed by atoms with van der Waals surface area (Å²) in [4.78, 5) is 13.2. The molecule has 2 nitrogen and oxygen atoms in total. The van der Waals surface area contributed by atoms with Gasteiger partial charge in [0.15, 0.2) is 0 Å². The van der Waals surface area contributed by atoms with Crippen molar-refractivity contribution in [3.05, 3.63) is 11.8 Å². The Morgan fingerprint density at radius 3 is 2.64 bits per heavy atom. The first-order chi connectivity index (χ1) is 5.36. The first kappa shape index (κ1) is 7.22. The summed E-state index contributed by atoms with van der Waals surface area (Å²) in [7, 11) is 0. The second-order valence-electron chi connectivity index (χ2n) is 2.94. The number of rotatable bonds is 1. The van der Waals surface area contributed by atoms with Crippen LogP contribution in [0.15, 0.2) is 11.8 Å². The third-order valence-corrected chi connectivity index (χ3v) is 3.00. The maximum atomic E-state index is 10.9. The fraction of sp³-hybridized carbons (Fsp3) is 0.625. The van der Waals surface area contributed by atoms with E-state index in [9.17, 15) is 4.79 Å². The highest BCUT2D eigenvalue weighted by molar-refractivity contribution is 8.14. The molecule has 0 aromatic heterocycles. The summed E-state index contributed by atoms with van der Waals surface area (Å²) >= 11 is 1.42. The van der Waals surface area contributed by atoms with Crippen LogP contribution >= 0.6 is 11.8 Å². The maximum Gasteiger partial charge on any atom is 0.214 e. The predicted octanol–water partition coefficient (Wildman–Crippen LogP) is 1.24. The van der Waals surface area contributed by atoms with E-state index in [1.54, 1.807) is 6.08 Å². The number of carbonyl (C=O) groups is 1. The highest BCUT2D eigenvalue weighted by Gasteiger charge is 2.20. The molecule has 0 aliphatic carbocycles. The molecule has 1 fully saturated rings. The molecule has 2 rings (SSSR count). The standard InChI is InChI=1S/C8H11NOS/c10-8-5-7(6-11-8)9-3-1-2-4-9/h5H,1-4,6H2. The second-order valence-corrected chi connectivity index (χ2v) is 3.92. The SMILES string of the molecule is O=C1C=C(N2CCCC2)CS1. The molecule has 0 spiro atoms. The molecule has 60 valence electrons. The Balaban J connectivity index is 2.04. The van der Waals surface area contributed by atoms with Crippen molar-refractivity contribution in [2.24, 2.45) is 0 Å². The smallest absolute Gasteiger partial charge is 0.214 e. The van der Waals surface area contributed by atoms with Gasteiger partial charge in [-0.1, -0.05) is 11.8 Å². The van der Waals surface area contributed by atoms with E-state index in [2.05, 4.69) is 4.90 Å². The highest BCUT2D eigenvalue weighted by atomic mass is 32.2. The normalized spacial score (nSPS) is 24.5. The van der Waals surface area contributed by atoms with Crippen molar-refractivity contribution >= 4 is 16.9 Å². The van der Waals surface area contributed by atoms with Crippen molar-refractivity contribution in [1.29, 1.82) is 0 Å². The van der Waals surface area contributed by atoms with Gasteiger partial charge in [-0.25, -0.2) is 0 Å². The molecule has 1 saturated heterocycles. The molecule has 0 saturated carbocycles. The highest BCUT2D eigenvalue weighted by Crippen LogP contribution is 2.24. The van der Waals surface area contributed by atoms with E-state index < -0.39 is 0 Å². The summed E-state index contributed by atoms with van der Waals surface area (Å²) in [6, 6.07) is 0. The predicted molar refractivity (Wildman–Crippen MR) is 46.4 cm³/mol. The second kappa shape index (κ2) is 2.89. The Hall–Kier alpha value is -0.440. The Morgan fingerprint density at radius 2 is 2.09 bits per heavy atom. The molecule has 11 heavy (non-hydrogen) atoms. The van der Waals surface area contributed by atoms with Crippen LogP contribution in [0.4, 0.5) is 0 Å². The van der Waals surface area contributed by atoms with Gasteiger partial charge < -0.3 is 4.90 Å². The van der Waals surface area contributed by atoms with Crippen LogP contribution in [-0.4, -0.2) is 28.9 Å². The maximum absolute atomic E-state index is 10.9. The minimum Gasteiger partial charge on any atom is -0.374 e. The van der Waals surface area contributed by atoms with Crippen molar-refractivity contribution in [3.63, 3.8) is 0 Å². The number of hydrogen-bond donors (Lipinski definition) is 0. The van der Waals surface area contributed by atoms with Crippen LogP contribution < -0.4 is 0 Å². The van der Waals surface area contributed by atoms with Crippen LogP contribution in [-0.2, 0) is 4.79 Å². The first-order valence-corrected chi connectivity index (χ1v) is 4.97. The average Bonchev–Trinajstić information content (AvgIpc) is 2.55. The Bertz CT molecular complexity index is 206. The number of likely N-dealkylation sites (tertiary alicyclic amines) is 1. The summed E-state index contributed by atoms with van der Waals surface area (Å²) in [5.74, 6) is 0.902. The van der Waals surface area contributed by atoms with E-state index in [1.165, 1.54) is 30.3 Å². The van der Waals surface area contributed by atoms with Gasteiger partial charge in [-0.05, 0) is 12.8 Å². The van der Waals surface area contributed by atoms with Crippen LogP contribution in [0.1, 0.15) is 12.8 Å². The molecule has 0 bridgehead atoms. The quantitative estimate of drug-likeness (QED) is 0.589. The van der Waals surface area contributed by atoms with Gasteiger partial charge in [-0.3, -0.25) is 4.79 Å². The van der Waals surface area contributed by atoms with Crippen molar-refractivity contribution in [2.45, 2.75) is 12.8 Å². The number of thioether (sulfide) groups is 1. The minimum atomic E-state index is 0.229. The zero-order valence-electron chi connectivity index (χ0n) is 6.38. The van der Waals surface area contributed by atoms with E-state index in [0.717, 1.165) is 18.8 Å². The fourth-order valence-electron chi connectivity index (χ4n) is 1.55. The molecule has 0 N–H and O–H groups in total. The molecule has 2 aliphatic heterocycles. The molecular weight excluding hydrogens is 158 g/mol. The monoisotopic (exact) mass is 169 g/mol. The molecule has 2 aliphatic rings. The van der Waals surface area contributed by atoms with Gasteiger partial charge >= 0.3 is 0 Å². The zero-order valence-corrected chi connectivity index (χ0v) is 7.19. The van der Waals surface area contributed by atoms with Crippen LogP contribution in [0, 0.1) is 0 Å². The van der Waals surface area contributed by atoms with E-state index in [1.807, 2.05) is 0 Å². The topological polar surface area (TPSA) is 20.3 Å². The molecule has 0 aromatic rings. The summed E-state index contributed by atoms with van der Waals surface area (Å²) < 4.78 is 0. The third kappa shape index (κ3) is 1.43. The Kier molecular flexibility index (Phi) is 1.90. The van der Waals surface area contributed by atoms with Crippen molar-refractivity contribution in [2.75, 3.05) is 18.8 Å². The van der Waals surface area contributed by atoms with Crippen LogP contribution in [0.5, 0.6) is 0 Å². The Labute approximate surface area is 70.6 Å². The van der Waals surface area contributed by atoms with Gasteiger partial charge in [0.05, 0.1) is 0 Å². The van der Waals surface area contributed by atoms with Gasteiger partial charge in [0.1, 0.15) is 0 Å². The number of hydrogen-bond acceptors (Lipinski definition) is 3. The van der Waals surface area contributed by atoms with Crippen LogP contribution in [0.25, 0.3) is 0 Å². The number of carbonyl (C=O) groups excluding carboxylic acids is 1. The van der Waals surface area contributed by atoms with Crippen molar-refractivity contribution < 1.29 is 4.79 Å². The largest absolute Gasteiger partial charge is 0.374 e. The lowest BCUT2D eigenvalue weighted by Crippen LogP contribution is -2.18. The summed E-state index contributed by atoms with van der Waals surface area (Å²) in [5, 5.41) is 0.229. The average molecular weight is 169 g/mol. The van der Waals surface area contributed by atoms with E-state index in [-0.39, 0.29) is 5.12 Å². The van der Waals surface area contributed by atoms with E-state index >= 15 is 0 Å². The summed E-state index contributed by atoms with van der Waals surface area (Å²) in [5.41, 5.74) is 1.25. The molecule has 3 heteroatoms. The first-order valence-electron chi connectivity index (χ1n) is 3.98. The lowest BCUT2D eigenvalue weighted by Gasteiger charge is -2.17. The molecule has 0 aromatic carbocycles. The number of nitrogens with zero attached hydrogens (tertiary/aromatic N) is 1. The van der Waals surface area contributed by atoms with Crippen LogP contribution in [0.2, 0.25) is 0 Å². The van der Waals surface area contributed by atoms with E-state index in [4.69, 9.17) is 0 Å². The molecule has 0 amide bonds. The lowest BCUT2D eigenvalue weighted by molar-refractivity contribution is -0.106. The fourth-order valence-corrected chi connectivity index (χ4v) is 2.33. The summed E-state index contributed by atoms with van der Waals surface area (Å²) in [6.45, 7) is 2.30. The van der Waals surface area contributed by atoms with Crippen molar-refractivity contribution in [3.8, 4) is 0 Å². The van der Waals surface area contributed by atoms with Gasteiger partial charge in [-0.2, -0.15) is 0 Å². The molecule has 0 atom stereocenters. The summed E-state index contributed by atoms with van der Waals surface area (Å²) in [6.07, 6.45) is 4.36. The molecule has 2 heterocycles. The zero-order chi connectivity index (χ0) is 7.68. The van der Waals surface area contributed by atoms with Gasteiger partial charge in [-0.15, -0.1) is 0 Å². The van der Waals surface area contributed by atoms with E-state index in [0.29, 0.717) is 0 Å². The Morgan fingerprint density at radius 1 is 1.36 bits per heavy atom. The third-order valence-electron chi connectivity index (χ3n) is 2.16. The molecule has 0 unspecified atom stereocenters. The van der Waals surface area contributed by atoms with Gasteiger partial charge in [0.2, 0.25) is 5.12 Å². The van der Waals surface area contributed by atoms with Crippen LogP contribution in [0.3, 0.4) is 0 Å². The molecular formula is C8H11NOS. The minimum absolute atomic E-state index is 0.229.